The lowest BCUT2D eigenvalue weighted by atomic mass is 10.0. The predicted molar refractivity (Wildman–Crippen MR) is 81.7 cm³/mol. The minimum Gasteiger partial charge on any atom is -0.380 e. The molecule has 3 nitrogen and oxygen atoms in total. The second-order valence-electron chi connectivity index (χ2n) is 5.14. The lowest BCUT2D eigenvalue weighted by molar-refractivity contribution is 0.119. The monoisotopic (exact) mass is 264 g/mol. The average molecular weight is 264 g/mol. The standard InChI is InChI=1S/C16H28N2O/c1-6-19-10-9-18(5)12-16(17-4)15-8-7-13(2)14(3)11-15/h7-8,11,16-17H,6,9-10,12H2,1-5H3. The molecule has 0 saturated carbocycles. The Morgan fingerprint density at radius 3 is 2.58 bits per heavy atom. The molecule has 0 radical (unpaired) electrons. The number of nitrogens with zero attached hydrogens (tertiary/aromatic N) is 1. The molecule has 0 amide bonds. The van der Waals surface area contributed by atoms with E-state index in [0.717, 1.165) is 26.3 Å². The molecule has 3 heteroatoms. The van der Waals surface area contributed by atoms with Crippen molar-refractivity contribution in [2.45, 2.75) is 26.8 Å². The van der Waals surface area contributed by atoms with Crippen LogP contribution in [0.5, 0.6) is 0 Å². The van der Waals surface area contributed by atoms with Crippen LogP contribution in [0.1, 0.15) is 29.7 Å². The van der Waals surface area contributed by atoms with Crippen molar-refractivity contribution in [3.05, 3.63) is 34.9 Å². The van der Waals surface area contributed by atoms with E-state index in [1.807, 2.05) is 14.0 Å². The molecule has 1 aromatic carbocycles. The van der Waals surface area contributed by atoms with Crippen LogP contribution in [0, 0.1) is 13.8 Å². The van der Waals surface area contributed by atoms with E-state index in [9.17, 15) is 0 Å². The zero-order valence-corrected chi connectivity index (χ0v) is 13.0. The minimum atomic E-state index is 0.367. The van der Waals surface area contributed by atoms with Gasteiger partial charge in [-0.1, -0.05) is 18.2 Å². The molecule has 1 aromatic rings. The van der Waals surface area contributed by atoms with E-state index in [0.29, 0.717) is 6.04 Å². The van der Waals surface area contributed by atoms with Crippen molar-refractivity contribution in [2.75, 3.05) is 40.4 Å². The number of likely N-dealkylation sites (N-methyl/N-ethyl adjacent to an activating group) is 2. The summed E-state index contributed by atoms with van der Waals surface area (Å²) in [5, 5.41) is 3.40. The summed E-state index contributed by atoms with van der Waals surface area (Å²) in [7, 11) is 4.17. The fourth-order valence-corrected chi connectivity index (χ4v) is 2.11. The van der Waals surface area contributed by atoms with Crippen LogP contribution in [-0.4, -0.2) is 45.3 Å². The van der Waals surface area contributed by atoms with Crippen LogP contribution < -0.4 is 5.32 Å². The van der Waals surface area contributed by atoms with Gasteiger partial charge in [-0.05, 0) is 51.6 Å². The maximum absolute atomic E-state index is 5.40. The Labute approximate surface area is 118 Å². The van der Waals surface area contributed by atoms with Gasteiger partial charge in [0.2, 0.25) is 0 Å². The van der Waals surface area contributed by atoms with E-state index in [2.05, 4.69) is 49.3 Å². The number of hydrogen-bond donors (Lipinski definition) is 1. The number of ether oxygens (including phenoxy) is 1. The van der Waals surface area contributed by atoms with Crippen LogP contribution in [0.2, 0.25) is 0 Å². The van der Waals surface area contributed by atoms with E-state index in [-0.39, 0.29) is 0 Å². The molecule has 19 heavy (non-hydrogen) atoms. The highest BCUT2D eigenvalue weighted by Gasteiger charge is 2.12. The third kappa shape index (κ3) is 5.31. The van der Waals surface area contributed by atoms with Gasteiger partial charge >= 0.3 is 0 Å². The van der Waals surface area contributed by atoms with E-state index in [1.165, 1.54) is 16.7 Å². The minimum absolute atomic E-state index is 0.367. The first-order chi connectivity index (χ1) is 9.08. The third-order valence-electron chi connectivity index (χ3n) is 3.60. The van der Waals surface area contributed by atoms with Crippen molar-refractivity contribution in [3.8, 4) is 0 Å². The Morgan fingerprint density at radius 2 is 2.00 bits per heavy atom. The largest absolute Gasteiger partial charge is 0.380 e. The average Bonchev–Trinajstić information content (AvgIpc) is 2.39. The van der Waals surface area contributed by atoms with E-state index in [1.54, 1.807) is 0 Å². The van der Waals surface area contributed by atoms with Crippen molar-refractivity contribution in [3.63, 3.8) is 0 Å². The molecule has 0 heterocycles. The molecule has 0 spiro atoms. The van der Waals surface area contributed by atoms with Gasteiger partial charge in [-0.15, -0.1) is 0 Å². The molecule has 1 rings (SSSR count). The quantitative estimate of drug-likeness (QED) is 0.730. The number of hydrogen-bond acceptors (Lipinski definition) is 3. The van der Waals surface area contributed by atoms with Gasteiger partial charge in [0.15, 0.2) is 0 Å². The van der Waals surface area contributed by atoms with Gasteiger partial charge in [0.1, 0.15) is 0 Å². The number of rotatable bonds is 8. The Morgan fingerprint density at radius 1 is 1.26 bits per heavy atom. The summed E-state index contributed by atoms with van der Waals surface area (Å²) in [6.45, 7) is 9.91. The first-order valence-corrected chi connectivity index (χ1v) is 7.09. The van der Waals surface area contributed by atoms with E-state index >= 15 is 0 Å². The van der Waals surface area contributed by atoms with Crippen molar-refractivity contribution in [2.24, 2.45) is 0 Å². The fourth-order valence-electron chi connectivity index (χ4n) is 2.11. The molecule has 1 N–H and O–H groups in total. The Bertz CT molecular complexity index is 379. The molecule has 108 valence electrons. The molecule has 0 aliphatic carbocycles. The molecular weight excluding hydrogens is 236 g/mol. The summed E-state index contributed by atoms with van der Waals surface area (Å²) in [5.41, 5.74) is 4.06. The van der Waals surface area contributed by atoms with Gasteiger partial charge in [0.05, 0.1) is 6.61 Å². The first-order valence-electron chi connectivity index (χ1n) is 7.09. The Kier molecular flexibility index (Phi) is 7.06. The van der Waals surface area contributed by atoms with Gasteiger partial charge in [-0.25, -0.2) is 0 Å². The van der Waals surface area contributed by atoms with Crippen LogP contribution in [0.25, 0.3) is 0 Å². The molecule has 0 saturated heterocycles. The fraction of sp³-hybridized carbons (Fsp3) is 0.625. The molecule has 0 fully saturated rings. The number of nitrogens with one attached hydrogen (secondary N) is 1. The highest BCUT2D eigenvalue weighted by Crippen LogP contribution is 2.17. The summed E-state index contributed by atoms with van der Waals surface area (Å²) in [5.74, 6) is 0. The van der Waals surface area contributed by atoms with Gasteiger partial charge in [-0.2, -0.15) is 0 Å². The van der Waals surface area contributed by atoms with Gasteiger partial charge < -0.3 is 15.0 Å². The summed E-state index contributed by atoms with van der Waals surface area (Å²) in [6, 6.07) is 7.08. The zero-order chi connectivity index (χ0) is 14.3. The van der Waals surface area contributed by atoms with Crippen molar-refractivity contribution in [1.29, 1.82) is 0 Å². The summed E-state index contributed by atoms with van der Waals surface area (Å²) >= 11 is 0. The molecular formula is C16H28N2O. The smallest absolute Gasteiger partial charge is 0.0593 e. The van der Waals surface area contributed by atoms with E-state index < -0.39 is 0 Å². The van der Waals surface area contributed by atoms with Gasteiger partial charge in [0, 0.05) is 25.7 Å². The van der Waals surface area contributed by atoms with Crippen molar-refractivity contribution in [1.82, 2.24) is 10.2 Å². The summed E-state index contributed by atoms with van der Waals surface area (Å²) in [6.07, 6.45) is 0. The second kappa shape index (κ2) is 8.31. The number of benzene rings is 1. The first kappa shape index (κ1) is 16.2. The molecule has 0 aliphatic rings. The van der Waals surface area contributed by atoms with Crippen molar-refractivity contribution >= 4 is 0 Å². The lowest BCUT2D eigenvalue weighted by Gasteiger charge is -2.24. The van der Waals surface area contributed by atoms with Crippen LogP contribution in [0.4, 0.5) is 0 Å². The molecule has 1 atom stereocenters. The summed E-state index contributed by atoms with van der Waals surface area (Å²) in [4.78, 5) is 2.31. The van der Waals surface area contributed by atoms with Gasteiger partial charge in [0.25, 0.3) is 0 Å². The Balaban J connectivity index is 2.59. The van der Waals surface area contributed by atoms with Crippen molar-refractivity contribution < 1.29 is 4.74 Å². The van der Waals surface area contributed by atoms with Crippen LogP contribution in [-0.2, 0) is 4.74 Å². The maximum atomic E-state index is 5.40. The third-order valence-corrected chi connectivity index (χ3v) is 3.60. The number of aryl methyl sites for hydroxylation is 2. The van der Waals surface area contributed by atoms with Crippen LogP contribution in [0.15, 0.2) is 18.2 Å². The maximum Gasteiger partial charge on any atom is 0.0593 e. The SMILES string of the molecule is CCOCCN(C)CC(NC)c1ccc(C)c(C)c1. The lowest BCUT2D eigenvalue weighted by Crippen LogP contribution is -2.33. The van der Waals surface area contributed by atoms with Crippen LogP contribution >= 0.6 is 0 Å². The van der Waals surface area contributed by atoms with E-state index in [4.69, 9.17) is 4.74 Å². The molecule has 1 unspecified atom stereocenters. The topological polar surface area (TPSA) is 24.5 Å². The normalized spacial score (nSPS) is 12.9. The Hall–Kier alpha value is -0.900. The molecule has 0 aromatic heterocycles. The highest BCUT2D eigenvalue weighted by atomic mass is 16.5. The second-order valence-corrected chi connectivity index (χ2v) is 5.14. The van der Waals surface area contributed by atoms with Gasteiger partial charge in [-0.3, -0.25) is 0 Å². The predicted octanol–water partition coefficient (Wildman–Crippen LogP) is 2.53. The van der Waals surface area contributed by atoms with Crippen LogP contribution in [0.3, 0.4) is 0 Å². The zero-order valence-electron chi connectivity index (χ0n) is 13.0. The molecule has 0 aliphatic heterocycles. The molecule has 0 bridgehead atoms. The summed E-state index contributed by atoms with van der Waals surface area (Å²) < 4.78 is 5.40. The highest BCUT2D eigenvalue weighted by molar-refractivity contribution is 5.31.